The molecular formula is C58H72O32. The van der Waals surface area contributed by atoms with Crippen LogP contribution in [0.1, 0.15) is 35.3 Å². The lowest BCUT2D eigenvalue weighted by Gasteiger charge is -2.50. The van der Waals surface area contributed by atoms with E-state index in [1.165, 1.54) is 92.9 Å². The third-order valence-corrected chi connectivity index (χ3v) is 15.2. The first-order valence-electron chi connectivity index (χ1n) is 28.1. The van der Waals surface area contributed by atoms with Gasteiger partial charge in [0.2, 0.25) is 12.1 Å². The first-order chi connectivity index (χ1) is 42.9. The van der Waals surface area contributed by atoms with E-state index >= 15 is 0 Å². The number of hydrogen-bond acceptors (Lipinski definition) is 32. The van der Waals surface area contributed by atoms with Gasteiger partial charge in [0.05, 0.1) is 38.6 Å². The first kappa shape index (κ1) is 69.5. The van der Waals surface area contributed by atoms with Crippen LogP contribution in [0.5, 0.6) is 17.2 Å². The van der Waals surface area contributed by atoms with Crippen LogP contribution in [0.4, 0.5) is 0 Å². The van der Waals surface area contributed by atoms with Gasteiger partial charge in [-0.15, -0.1) is 0 Å². The Balaban J connectivity index is 1.22. The second kappa shape index (κ2) is 30.8. The highest BCUT2D eigenvalue weighted by Gasteiger charge is 2.64. The van der Waals surface area contributed by atoms with E-state index < -0.39 is 204 Å². The summed E-state index contributed by atoms with van der Waals surface area (Å²) in [4.78, 5) is 54.8. The molecule has 0 bridgehead atoms. The number of carbonyl (C=O) groups excluding carboxylic acids is 4. The fourth-order valence-corrected chi connectivity index (χ4v) is 10.2. The van der Waals surface area contributed by atoms with Crippen LogP contribution in [-0.4, -0.2) is 282 Å². The highest BCUT2D eigenvalue weighted by Crippen LogP contribution is 2.42. The predicted octanol–water partition coefficient (Wildman–Crippen LogP) is -4.86. The van der Waals surface area contributed by atoms with Gasteiger partial charge >= 0.3 is 23.9 Å². The van der Waals surface area contributed by atoms with E-state index in [1.54, 1.807) is 6.07 Å². The molecule has 5 saturated heterocycles. The van der Waals surface area contributed by atoms with Crippen LogP contribution in [0.3, 0.4) is 0 Å². The molecular weight excluding hydrogens is 1210 g/mol. The molecule has 0 saturated carbocycles. The van der Waals surface area contributed by atoms with Crippen LogP contribution >= 0.6 is 0 Å². The molecule has 24 atom stereocenters. The molecule has 5 aliphatic heterocycles. The number of phenolic OH excluding ortho intramolecular Hbond substituents is 1. The molecule has 32 heteroatoms. The number of ether oxygens (including phenoxy) is 14. The zero-order valence-corrected chi connectivity index (χ0v) is 48.2. The molecule has 0 spiro atoms. The summed E-state index contributed by atoms with van der Waals surface area (Å²) in [6.45, 7) is -2.94. The van der Waals surface area contributed by atoms with Crippen molar-refractivity contribution in [1.29, 1.82) is 0 Å². The first-order valence-corrected chi connectivity index (χ1v) is 28.1. The Hall–Kier alpha value is -6.42. The number of aliphatic hydroxyl groups is 13. The zero-order valence-electron chi connectivity index (χ0n) is 48.2. The van der Waals surface area contributed by atoms with Crippen molar-refractivity contribution in [2.75, 3.05) is 40.1 Å². The molecule has 0 aliphatic carbocycles. The Morgan fingerprint density at radius 1 is 0.556 bits per heavy atom. The molecule has 496 valence electrons. The van der Waals surface area contributed by atoms with Crippen LogP contribution in [0.2, 0.25) is 0 Å². The third-order valence-electron chi connectivity index (χ3n) is 15.2. The number of aromatic hydroxyl groups is 1. The molecule has 5 aliphatic rings. The lowest BCUT2D eigenvalue weighted by Crippen LogP contribution is -2.69. The third kappa shape index (κ3) is 16.1. The Labute approximate surface area is 511 Å². The monoisotopic (exact) mass is 1280 g/mol. The van der Waals surface area contributed by atoms with Crippen LogP contribution in [0.15, 0.2) is 84.9 Å². The van der Waals surface area contributed by atoms with Crippen molar-refractivity contribution in [2.24, 2.45) is 0 Å². The molecule has 0 amide bonds. The predicted molar refractivity (Wildman–Crippen MR) is 293 cm³/mol. The molecule has 5 heterocycles. The molecule has 32 nitrogen and oxygen atoms in total. The summed E-state index contributed by atoms with van der Waals surface area (Å²) in [5.41, 5.74) is 0.443. The number of carbonyl (C=O) groups is 4. The Morgan fingerprint density at radius 2 is 1.11 bits per heavy atom. The summed E-state index contributed by atoms with van der Waals surface area (Å²) in [6, 6.07) is 16.8. The number of methoxy groups -OCH3 is 1. The normalized spacial score (nSPS) is 37.1. The molecule has 90 heavy (non-hydrogen) atoms. The number of phenols is 1. The number of benzene rings is 3. The van der Waals surface area contributed by atoms with Crippen LogP contribution < -0.4 is 9.47 Å². The van der Waals surface area contributed by atoms with Crippen molar-refractivity contribution in [1.82, 2.24) is 0 Å². The average Bonchev–Trinajstić information content (AvgIpc) is 1.41. The highest BCUT2D eigenvalue weighted by atomic mass is 16.8. The summed E-state index contributed by atoms with van der Waals surface area (Å²) >= 11 is 0. The van der Waals surface area contributed by atoms with E-state index in [2.05, 4.69) is 0 Å². The summed E-state index contributed by atoms with van der Waals surface area (Å²) in [5.74, 6) is -7.71. The number of esters is 4. The molecule has 3 aromatic rings. The topological polar surface area (TPSA) is 481 Å². The van der Waals surface area contributed by atoms with Gasteiger partial charge in [-0.25, -0.2) is 14.4 Å². The maximum atomic E-state index is 14.3. The van der Waals surface area contributed by atoms with Gasteiger partial charge < -0.3 is 138 Å². The van der Waals surface area contributed by atoms with E-state index in [9.17, 15) is 90.7 Å². The smallest absolute Gasteiger partial charge is 0.338 e. The lowest BCUT2D eigenvalue weighted by atomic mass is 9.95. The standard InChI is InChI=1S/C58H72O32/c1-25-39(66)43(70)46(73)54(80-25)81-30-14-9-27(10-15-30)12-18-38(65)85-49-36(23-78-26(2)62)84-57(51(87-56-48(75)45(72)41(68)34(21-60)83-56)50(49)86-55-47(74)44(71)40(67)33(20-59)82-55)90-58(24-79-37(64)17-13-28-11-16-31(63)32(19-28)77-3)52(42(69)35(22-61)89-58)88-53(76)29-7-5-4-6-8-29/h4-19,25,33-36,39-52,54-57,59-61,63,66-75H,20-24H2,1-3H3/t25-,33+,34+,35+,36+,39-,40+,41+,42+,43+,44-,45-,46+,47+,48+,49+,50-,51+,52-,54+,55-,56-,57+,58-/m0/s1. The molecule has 3 aromatic carbocycles. The lowest BCUT2D eigenvalue weighted by molar-refractivity contribution is -0.421. The van der Waals surface area contributed by atoms with Gasteiger partial charge in [-0.1, -0.05) is 36.4 Å². The summed E-state index contributed by atoms with van der Waals surface area (Å²) in [7, 11) is 1.28. The largest absolute Gasteiger partial charge is 0.504 e. The number of rotatable bonds is 23. The van der Waals surface area contributed by atoms with Gasteiger partial charge in [0.15, 0.2) is 42.6 Å². The number of aliphatic hydroxyl groups excluding tert-OH is 13. The summed E-state index contributed by atoms with van der Waals surface area (Å²) in [5, 5.41) is 151. The van der Waals surface area contributed by atoms with Crippen molar-refractivity contribution in [2.45, 2.75) is 161 Å². The van der Waals surface area contributed by atoms with Gasteiger partial charge in [0, 0.05) is 19.1 Å². The van der Waals surface area contributed by atoms with Crippen LogP contribution in [0, 0.1) is 0 Å². The Morgan fingerprint density at radius 3 is 1.71 bits per heavy atom. The molecule has 5 fully saturated rings. The maximum Gasteiger partial charge on any atom is 0.338 e. The molecule has 0 unspecified atom stereocenters. The van der Waals surface area contributed by atoms with E-state index in [4.69, 9.17) is 66.3 Å². The summed E-state index contributed by atoms with van der Waals surface area (Å²) < 4.78 is 82.6. The van der Waals surface area contributed by atoms with Gasteiger partial charge in [0.1, 0.15) is 117 Å². The maximum absolute atomic E-state index is 14.3. The van der Waals surface area contributed by atoms with Crippen molar-refractivity contribution in [3.8, 4) is 17.2 Å². The summed E-state index contributed by atoms with van der Waals surface area (Å²) in [6.07, 6.45) is -41.0. The fraction of sp³-hybridized carbons (Fsp3) is 0.552. The highest BCUT2D eigenvalue weighted by molar-refractivity contribution is 5.90. The van der Waals surface area contributed by atoms with Gasteiger partial charge in [-0.3, -0.25) is 4.79 Å². The van der Waals surface area contributed by atoms with Gasteiger partial charge in [-0.2, -0.15) is 0 Å². The van der Waals surface area contributed by atoms with Crippen molar-refractivity contribution in [3.63, 3.8) is 0 Å². The van der Waals surface area contributed by atoms with E-state index in [-0.39, 0.29) is 28.4 Å². The zero-order chi connectivity index (χ0) is 65.3. The second-order valence-electron chi connectivity index (χ2n) is 21.4. The minimum Gasteiger partial charge on any atom is -0.504 e. The SMILES string of the molecule is COc1cc(C=CC(=O)OC[C@@]2(O[C@H]3O[C@H](COC(C)=O)[C@@H](OC(=O)C=Cc4ccc(O[C@H]5O[C@@H](C)[C@H](O)[C@@H](O)[C@H]5O)cc4)[C@H](O[C@@H]4O[C@H](CO)[C@@H](O)[C@H](O)[C@H]4O)[C@H]3O[C@@H]3O[C@H](CO)[C@@H](O)[C@H](O)[C@H]3O)O[C@H](CO)[C@@H](O)[C@@H]2OC(=O)c2ccccc2)ccc1O. The van der Waals surface area contributed by atoms with E-state index in [0.717, 1.165) is 19.1 Å². The minimum atomic E-state index is -2.96. The quantitative estimate of drug-likeness (QED) is 0.0240. The Kier molecular flexibility index (Phi) is 23.8. The van der Waals surface area contributed by atoms with Crippen molar-refractivity contribution >= 4 is 36.0 Å². The van der Waals surface area contributed by atoms with Crippen molar-refractivity contribution in [3.05, 3.63) is 102 Å². The molecule has 14 N–H and O–H groups in total. The molecule has 0 aromatic heterocycles. The molecule has 8 rings (SSSR count). The van der Waals surface area contributed by atoms with E-state index in [0.29, 0.717) is 5.56 Å². The average molecular weight is 1280 g/mol. The fourth-order valence-electron chi connectivity index (χ4n) is 10.2. The second-order valence-corrected chi connectivity index (χ2v) is 21.4. The Bertz CT molecular complexity index is 2910. The van der Waals surface area contributed by atoms with Crippen molar-refractivity contribution < 1.29 is 157 Å². The number of hydrogen-bond donors (Lipinski definition) is 14. The van der Waals surface area contributed by atoms with Crippen LogP contribution in [0.25, 0.3) is 12.2 Å². The van der Waals surface area contributed by atoms with Crippen LogP contribution in [-0.2, 0) is 71.2 Å². The molecule has 0 radical (unpaired) electrons. The van der Waals surface area contributed by atoms with Gasteiger partial charge in [0.25, 0.3) is 0 Å². The van der Waals surface area contributed by atoms with Gasteiger partial charge in [-0.05, 0) is 66.6 Å². The van der Waals surface area contributed by atoms with E-state index in [1.807, 2.05) is 0 Å². The minimum absolute atomic E-state index is 0.0237.